The lowest BCUT2D eigenvalue weighted by atomic mass is 10.1. The summed E-state index contributed by atoms with van der Waals surface area (Å²) in [4.78, 5) is 15.8. The zero-order chi connectivity index (χ0) is 13.9. The summed E-state index contributed by atoms with van der Waals surface area (Å²) in [5, 5.41) is 13.6. The fraction of sp³-hybridized carbons (Fsp3) is 0. The molecule has 2 aromatic carbocycles. The van der Waals surface area contributed by atoms with E-state index in [2.05, 4.69) is 10.3 Å². The first kappa shape index (κ1) is 12.5. The number of hydrogen-bond acceptors (Lipinski definition) is 4. The van der Waals surface area contributed by atoms with Gasteiger partial charge in [0.05, 0.1) is 4.91 Å². The van der Waals surface area contributed by atoms with Crippen molar-refractivity contribution in [2.45, 2.75) is 0 Å². The summed E-state index contributed by atoms with van der Waals surface area (Å²) in [6.45, 7) is 0. The van der Waals surface area contributed by atoms with Crippen LogP contribution in [0.3, 0.4) is 0 Å². The van der Waals surface area contributed by atoms with Gasteiger partial charge in [0.1, 0.15) is 0 Å². The number of nitriles is 1. The van der Waals surface area contributed by atoms with Gasteiger partial charge in [0, 0.05) is 0 Å². The average molecular weight is 279 g/mol. The van der Waals surface area contributed by atoms with Crippen molar-refractivity contribution in [3.05, 3.63) is 52.9 Å². The molecule has 0 unspecified atom stereocenters. The van der Waals surface area contributed by atoms with Crippen molar-refractivity contribution in [3.8, 4) is 6.19 Å². The molecule has 3 rings (SSSR count). The fourth-order valence-corrected chi connectivity index (χ4v) is 2.75. The molecule has 1 heterocycles. The first-order chi connectivity index (χ1) is 9.76. The minimum atomic E-state index is -0.225. The Morgan fingerprint density at radius 1 is 1.20 bits per heavy atom. The lowest BCUT2D eigenvalue weighted by molar-refractivity contribution is -0.115. The zero-order valence-corrected chi connectivity index (χ0v) is 11.1. The van der Waals surface area contributed by atoms with Gasteiger partial charge in [-0.1, -0.05) is 36.4 Å². The van der Waals surface area contributed by atoms with Crippen molar-refractivity contribution in [1.29, 1.82) is 5.26 Å². The van der Waals surface area contributed by atoms with E-state index in [1.54, 1.807) is 12.3 Å². The Balaban J connectivity index is 1.96. The maximum atomic E-state index is 11.7. The Morgan fingerprint density at radius 2 is 2.00 bits per heavy atom. The lowest BCUT2D eigenvalue weighted by Gasteiger charge is -1.99. The molecule has 1 fully saturated rings. The Bertz CT molecular complexity index is 802. The molecule has 1 saturated heterocycles. The number of amides is 1. The Labute approximate surface area is 119 Å². The molecule has 2 aromatic rings. The number of nitrogens with one attached hydrogen (secondary N) is 1. The summed E-state index contributed by atoms with van der Waals surface area (Å²) in [7, 11) is 0. The third-order valence-electron chi connectivity index (χ3n) is 2.87. The highest BCUT2D eigenvalue weighted by Crippen LogP contribution is 2.26. The van der Waals surface area contributed by atoms with Gasteiger partial charge >= 0.3 is 0 Å². The summed E-state index contributed by atoms with van der Waals surface area (Å²) in [6.07, 6.45) is 3.46. The van der Waals surface area contributed by atoms with E-state index in [4.69, 9.17) is 5.26 Å². The number of rotatable bonds is 1. The highest BCUT2D eigenvalue weighted by Gasteiger charge is 2.23. The Hall–Kier alpha value is -2.58. The predicted molar refractivity (Wildman–Crippen MR) is 80.7 cm³/mol. The number of nitrogens with zero attached hydrogens (tertiary/aromatic N) is 2. The number of amidine groups is 1. The van der Waals surface area contributed by atoms with Gasteiger partial charge in [-0.15, -0.1) is 4.99 Å². The second-order valence-corrected chi connectivity index (χ2v) is 5.22. The van der Waals surface area contributed by atoms with Gasteiger partial charge in [0.2, 0.25) is 6.19 Å². The van der Waals surface area contributed by atoms with Crippen molar-refractivity contribution in [3.63, 3.8) is 0 Å². The van der Waals surface area contributed by atoms with Crippen LogP contribution in [0.4, 0.5) is 0 Å². The molecule has 96 valence electrons. The minimum absolute atomic E-state index is 0.225. The number of hydrogen-bond donors (Lipinski definition) is 1. The molecule has 0 saturated carbocycles. The molecule has 0 atom stereocenters. The molecule has 20 heavy (non-hydrogen) atoms. The molecule has 0 radical (unpaired) electrons. The number of fused-ring (bicyclic) bond motifs is 1. The van der Waals surface area contributed by atoms with Crippen LogP contribution < -0.4 is 5.32 Å². The molecule has 5 heteroatoms. The van der Waals surface area contributed by atoms with Crippen LogP contribution in [-0.2, 0) is 4.79 Å². The summed E-state index contributed by atoms with van der Waals surface area (Å²) in [5.41, 5.74) is 0.944. The highest BCUT2D eigenvalue weighted by atomic mass is 32.2. The summed E-state index contributed by atoms with van der Waals surface area (Å²) >= 11 is 1.17. The van der Waals surface area contributed by atoms with Gasteiger partial charge in [0.25, 0.3) is 5.91 Å². The van der Waals surface area contributed by atoms with Crippen molar-refractivity contribution in [2.24, 2.45) is 4.99 Å². The van der Waals surface area contributed by atoms with Crippen LogP contribution in [-0.4, -0.2) is 11.1 Å². The number of carbonyl (C=O) groups is 1. The minimum Gasteiger partial charge on any atom is -0.300 e. The van der Waals surface area contributed by atoms with Crippen LogP contribution in [0.25, 0.3) is 16.8 Å². The Kier molecular flexibility index (Phi) is 3.23. The Morgan fingerprint density at radius 3 is 2.80 bits per heavy atom. The quantitative estimate of drug-likeness (QED) is 0.645. The smallest absolute Gasteiger partial charge is 0.264 e. The van der Waals surface area contributed by atoms with E-state index >= 15 is 0 Å². The monoisotopic (exact) mass is 279 g/mol. The van der Waals surface area contributed by atoms with E-state index in [-0.39, 0.29) is 5.91 Å². The highest BCUT2D eigenvalue weighted by molar-refractivity contribution is 8.18. The molecule has 0 aliphatic carbocycles. The SMILES string of the molecule is N#CN=C1NC(=O)C(=Cc2ccc3ccccc3c2)S1. The van der Waals surface area contributed by atoms with E-state index in [1.807, 2.05) is 42.5 Å². The summed E-state index contributed by atoms with van der Waals surface area (Å²) in [6, 6.07) is 14.0. The lowest BCUT2D eigenvalue weighted by Crippen LogP contribution is -2.19. The van der Waals surface area contributed by atoms with Gasteiger partial charge in [-0.05, 0) is 40.2 Å². The van der Waals surface area contributed by atoms with E-state index < -0.39 is 0 Å². The first-order valence-corrected chi connectivity index (χ1v) is 6.74. The van der Waals surface area contributed by atoms with Gasteiger partial charge in [-0.2, -0.15) is 5.26 Å². The standard InChI is InChI=1S/C15H9N3OS/c16-9-17-15-18-14(19)13(20-15)8-10-5-6-11-3-1-2-4-12(11)7-10/h1-8H,(H,17,18,19). The molecule has 0 bridgehead atoms. The van der Waals surface area contributed by atoms with Crippen LogP contribution in [0.15, 0.2) is 52.4 Å². The summed E-state index contributed by atoms with van der Waals surface area (Å²) in [5.74, 6) is -0.225. The third-order valence-corrected chi connectivity index (χ3v) is 3.78. The van der Waals surface area contributed by atoms with Crippen molar-refractivity contribution >= 4 is 39.7 Å². The molecule has 1 N–H and O–H groups in total. The number of aliphatic imine (C=N–C) groups is 1. The topological polar surface area (TPSA) is 65.2 Å². The van der Waals surface area contributed by atoms with Crippen LogP contribution in [0.2, 0.25) is 0 Å². The molecule has 1 amide bonds. The van der Waals surface area contributed by atoms with Gasteiger partial charge in [-0.25, -0.2) is 0 Å². The van der Waals surface area contributed by atoms with E-state index in [0.29, 0.717) is 10.1 Å². The molecular weight excluding hydrogens is 270 g/mol. The number of benzene rings is 2. The maximum Gasteiger partial charge on any atom is 0.264 e. The van der Waals surface area contributed by atoms with Crippen molar-refractivity contribution < 1.29 is 4.79 Å². The molecule has 4 nitrogen and oxygen atoms in total. The normalized spacial score (nSPS) is 18.4. The van der Waals surface area contributed by atoms with Crippen molar-refractivity contribution in [2.75, 3.05) is 0 Å². The fourth-order valence-electron chi connectivity index (χ4n) is 1.97. The zero-order valence-electron chi connectivity index (χ0n) is 10.3. The first-order valence-electron chi connectivity index (χ1n) is 5.93. The molecular formula is C15H9N3OS. The second kappa shape index (κ2) is 5.19. The number of thioether (sulfide) groups is 1. The second-order valence-electron chi connectivity index (χ2n) is 4.19. The third kappa shape index (κ3) is 2.42. The van der Waals surface area contributed by atoms with Gasteiger partial charge in [-0.3, -0.25) is 10.1 Å². The number of carbonyl (C=O) groups excluding carboxylic acids is 1. The molecule has 1 aliphatic heterocycles. The summed E-state index contributed by atoms with van der Waals surface area (Å²) < 4.78 is 0. The maximum absolute atomic E-state index is 11.7. The van der Waals surface area contributed by atoms with E-state index in [0.717, 1.165) is 16.3 Å². The van der Waals surface area contributed by atoms with E-state index in [1.165, 1.54) is 11.8 Å². The van der Waals surface area contributed by atoms with Crippen LogP contribution >= 0.6 is 11.8 Å². The van der Waals surface area contributed by atoms with Gasteiger partial charge in [0.15, 0.2) is 5.17 Å². The molecule has 0 aromatic heterocycles. The largest absolute Gasteiger partial charge is 0.300 e. The average Bonchev–Trinajstić information content (AvgIpc) is 2.79. The molecule has 0 spiro atoms. The molecule has 1 aliphatic rings. The van der Waals surface area contributed by atoms with Crippen LogP contribution in [0, 0.1) is 11.5 Å². The van der Waals surface area contributed by atoms with Crippen molar-refractivity contribution in [1.82, 2.24) is 5.32 Å². The van der Waals surface area contributed by atoms with E-state index in [9.17, 15) is 4.79 Å². The predicted octanol–water partition coefficient (Wildman–Crippen LogP) is 2.88. The van der Waals surface area contributed by atoms with Crippen LogP contribution in [0.1, 0.15) is 5.56 Å². The van der Waals surface area contributed by atoms with Crippen LogP contribution in [0.5, 0.6) is 0 Å². The van der Waals surface area contributed by atoms with Gasteiger partial charge < -0.3 is 0 Å².